The normalized spacial score (nSPS) is 10.9. The van der Waals surface area contributed by atoms with E-state index in [1.54, 1.807) is 6.08 Å². The van der Waals surface area contributed by atoms with Crippen LogP contribution < -0.4 is 10.1 Å². The van der Waals surface area contributed by atoms with Gasteiger partial charge in [-0.15, -0.1) is 0 Å². The van der Waals surface area contributed by atoms with Gasteiger partial charge < -0.3 is 10.1 Å². The standard InChI is InChI=1S/C16H20N2O/c1-4-9-19-16-15-8-6-5-7-13(15)10-14(18-16)11-17-12(2)3/h4-8,10,12,17H,1,9,11H2,2-3H3. The highest BCUT2D eigenvalue weighted by molar-refractivity contribution is 5.87. The molecule has 1 aromatic heterocycles. The molecular weight excluding hydrogens is 236 g/mol. The first-order valence-corrected chi connectivity index (χ1v) is 6.56. The van der Waals surface area contributed by atoms with Gasteiger partial charge in [0.05, 0.1) is 5.69 Å². The van der Waals surface area contributed by atoms with Crippen LogP contribution in [-0.4, -0.2) is 17.6 Å². The number of nitrogens with one attached hydrogen (secondary N) is 1. The van der Waals surface area contributed by atoms with Crippen molar-refractivity contribution in [3.05, 3.63) is 48.7 Å². The highest BCUT2D eigenvalue weighted by Gasteiger charge is 2.07. The van der Waals surface area contributed by atoms with Gasteiger partial charge >= 0.3 is 0 Å². The van der Waals surface area contributed by atoms with Crippen molar-refractivity contribution in [2.45, 2.75) is 26.4 Å². The minimum absolute atomic E-state index is 0.436. The fourth-order valence-electron chi connectivity index (χ4n) is 1.87. The third-order valence-electron chi connectivity index (χ3n) is 2.79. The van der Waals surface area contributed by atoms with Gasteiger partial charge in [0.25, 0.3) is 0 Å². The van der Waals surface area contributed by atoms with Crippen LogP contribution in [0.25, 0.3) is 10.8 Å². The first-order chi connectivity index (χ1) is 9.20. The summed E-state index contributed by atoms with van der Waals surface area (Å²) >= 11 is 0. The molecule has 0 aliphatic carbocycles. The fourth-order valence-corrected chi connectivity index (χ4v) is 1.87. The monoisotopic (exact) mass is 256 g/mol. The highest BCUT2D eigenvalue weighted by Crippen LogP contribution is 2.24. The van der Waals surface area contributed by atoms with Gasteiger partial charge in [0.2, 0.25) is 5.88 Å². The summed E-state index contributed by atoms with van der Waals surface area (Å²) < 4.78 is 5.66. The lowest BCUT2D eigenvalue weighted by atomic mass is 10.1. The molecular formula is C16H20N2O. The number of pyridine rings is 1. The quantitative estimate of drug-likeness (QED) is 0.805. The number of aromatic nitrogens is 1. The minimum atomic E-state index is 0.436. The second kappa shape index (κ2) is 6.34. The van der Waals surface area contributed by atoms with E-state index in [-0.39, 0.29) is 0 Å². The predicted molar refractivity (Wildman–Crippen MR) is 79.4 cm³/mol. The van der Waals surface area contributed by atoms with Crippen molar-refractivity contribution in [2.24, 2.45) is 0 Å². The summed E-state index contributed by atoms with van der Waals surface area (Å²) in [6.07, 6.45) is 1.73. The van der Waals surface area contributed by atoms with Gasteiger partial charge in [-0.2, -0.15) is 0 Å². The molecule has 1 aromatic carbocycles. The van der Waals surface area contributed by atoms with Crippen LogP contribution >= 0.6 is 0 Å². The Morgan fingerprint density at radius 2 is 2.16 bits per heavy atom. The van der Waals surface area contributed by atoms with Crippen LogP contribution in [0.2, 0.25) is 0 Å². The maximum absolute atomic E-state index is 5.66. The van der Waals surface area contributed by atoms with E-state index < -0.39 is 0 Å². The molecule has 3 nitrogen and oxygen atoms in total. The van der Waals surface area contributed by atoms with Crippen molar-refractivity contribution in [2.75, 3.05) is 6.61 Å². The van der Waals surface area contributed by atoms with Gasteiger partial charge in [-0.1, -0.05) is 44.7 Å². The fraction of sp³-hybridized carbons (Fsp3) is 0.312. The van der Waals surface area contributed by atoms with Crippen molar-refractivity contribution in [1.29, 1.82) is 0 Å². The summed E-state index contributed by atoms with van der Waals surface area (Å²) in [6.45, 7) is 9.13. The van der Waals surface area contributed by atoms with E-state index in [1.807, 2.05) is 18.2 Å². The number of rotatable bonds is 6. The zero-order valence-corrected chi connectivity index (χ0v) is 11.5. The van der Waals surface area contributed by atoms with Gasteiger partial charge in [-0.05, 0) is 17.5 Å². The van der Waals surface area contributed by atoms with Crippen LogP contribution in [0.5, 0.6) is 5.88 Å². The van der Waals surface area contributed by atoms with Gasteiger partial charge in [0, 0.05) is 18.0 Å². The molecule has 0 unspecified atom stereocenters. The number of benzene rings is 1. The second-order valence-electron chi connectivity index (χ2n) is 4.78. The number of hydrogen-bond acceptors (Lipinski definition) is 3. The number of hydrogen-bond donors (Lipinski definition) is 1. The summed E-state index contributed by atoms with van der Waals surface area (Å²) in [5.74, 6) is 0.679. The molecule has 2 rings (SSSR count). The molecule has 0 amide bonds. The van der Waals surface area contributed by atoms with Crippen LogP contribution in [0.4, 0.5) is 0 Å². The lowest BCUT2D eigenvalue weighted by Gasteiger charge is -2.11. The van der Waals surface area contributed by atoms with E-state index in [1.165, 1.54) is 0 Å². The van der Waals surface area contributed by atoms with Gasteiger partial charge in [-0.3, -0.25) is 0 Å². The molecule has 0 aliphatic heterocycles. The summed E-state index contributed by atoms with van der Waals surface area (Å²) in [5.41, 5.74) is 0.992. The molecule has 2 aromatic rings. The molecule has 0 fully saturated rings. The molecule has 0 bridgehead atoms. The molecule has 0 saturated carbocycles. The van der Waals surface area contributed by atoms with Crippen molar-refractivity contribution < 1.29 is 4.74 Å². The van der Waals surface area contributed by atoms with E-state index in [0.717, 1.165) is 23.0 Å². The van der Waals surface area contributed by atoms with Crippen LogP contribution in [0.1, 0.15) is 19.5 Å². The van der Waals surface area contributed by atoms with E-state index >= 15 is 0 Å². The van der Waals surface area contributed by atoms with Crippen LogP contribution in [0.15, 0.2) is 43.0 Å². The largest absolute Gasteiger partial charge is 0.473 e. The molecule has 3 heteroatoms. The molecule has 1 heterocycles. The third kappa shape index (κ3) is 3.55. The van der Waals surface area contributed by atoms with E-state index in [2.05, 4.69) is 42.9 Å². The van der Waals surface area contributed by atoms with Crippen molar-refractivity contribution in [1.82, 2.24) is 10.3 Å². The third-order valence-corrected chi connectivity index (χ3v) is 2.79. The second-order valence-corrected chi connectivity index (χ2v) is 4.78. The molecule has 100 valence electrons. The summed E-state index contributed by atoms with van der Waals surface area (Å²) in [6, 6.07) is 10.7. The smallest absolute Gasteiger partial charge is 0.221 e. The molecule has 0 radical (unpaired) electrons. The van der Waals surface area contributed by atoms with Crippen LogP contribution in [-0.2, 0) is 6.54 Å². The molecule has 0 saturated heterocycles. The number of ether oxygens (including phenoxy) is 1. The summed E-state index contributed by atoms with van der Waals surface area (Å²) in [5, 5.41) is 5.56. The first-order valence-electron chi connectivity index (χ1n) is 6.56. The molecule has 0 aliphatic rings. The lowest BCUT2D eigenvalue weighted by molar-refractivity contribution is 0.352. The Hall–Kier alpha value is -1.87. The van der Waals surface area contributed by atoms with Crippen molar-refractivity contribution >= 4 is 10.8 Å². The van der Waals surface area contributed by atoms with Gasteiger partial charge in [0.15, 0.2) is 0 Å². The number of fused-ring (bicyclic) bond motifs is 1. The van der Waals surface area contributed by atoms with E-state index in [4.69, 9.17) is 4.74 Å². The van der Waals surface area contributed by atoms with Crippen LogP contribution in [0, 0.1) is 0 Å². The van der Waals surface area contributed by atoms with Crippen molar-refractivity contribution in [3.63, 3.8) is 0 Å². The maximum Gasteiger partial charge on any atom is 0.221 e. The Bertz CT molecular complexity index is 564. The maximum atomic E-state index is 5.66. The SMILES string of the molecule is C=CCOc1nc(CNC(C)C)cc2ccccc12. The molecule has 19 heavy (non-hydrogen) atoms. The van der Waals surface area contributed by atoms with E-state index in [9.17, 15) is 0 Å². The summed E-state index contributed by atoms with van der Waals surface area (Å²) in [4.78, 5) is 4.58. The Morgan fingerprint density at radius 3 is 2.89 bits per heavy atom. The average molecular weight is 256 g/mol. The average Bonchev–Trinajstić information content (AvgIpc) is 2.42. The van der Waals surface area contributed by atoms with E-state index in [0.29, 0.717) is 18.5 Å². The molecule has 1 N–H and O–H groups in total. The van der Waals surface area contributed by atoms with Gasteiger partial charge in [0.1, 0.15) is 6.61 Å². The molecule has 0 spiro atoms. The Balaban J connectivity index is 2.35. The highest BCUT2D eigenvalue weighted by atomic mass is 16.5. The van der Waals surface area contributed by atoms with Crippen LogP contribution in [0.3, 0.4) is 0 Å². The topological polar surface area (TPSA) is 34.1 Å². The Labute approximate surface area is 114 Å². The minimum Gasteiger partial charge on any atom is -0.473 e. The Kier molecular flexibility index (Phi) is 4.53. The summed E-state index contributed by atoms with van der Waals surface area (Å²) in [7, 11) is 0. The lowest BCUT2D eigenvalue weighted by Crippen LogP contribution is -2.22. The number of nitrogens with zero attached hydrogens (tertiary/aromatic N) is 1. The van der Waals surface area contributed by atoms with Crippen molar-refractivity contribution in [3.8, 4) is 5.88 Å². The molecule has 0 atom stereocenters. The zero-order valence-electron chi connectivity index (χ0n) is 11.5. The zero-order chi connectivity index (χ0) is 13.7. The van der Waals surface area contributed by atoms with Gasteiger partial charge in [-0.25, -0.2) is 4.98 Å². The Morgan fingerprint density at radius 1 is 1.37 bits per heavy atom. The first kappa shape index (κ1) is 13.6. The predicted octanol–water partition coefficient (Wildman–Crippen LogP) is 3.30.